The summed E-state index contributed by atoms with van der Waals surface area (Å²) < 4.78 is 4.71. The zero-order valence-corrected chi connectivity index (χ0v) is 11.6. The molecule has 106 valence electrons. The van der Waals surface area contributed by atoms with Crippen LogP contribution in [-0.2, 0) is 9.53 Å². The van der Waals surface area contributed by atoms with Crippen LogP contribution in [0.1, 0.15) is 24.2 Å². The van der Waals surface area contributed by atoms with Gasteiger partial charge in [0.1, 0.15) is 6.04 Å². The Kier molecular flexibility index (Phi) is 4.02. The lowest BCUT2D eigenvalue weighted by Crippen LogP contribution is -2.45. The molecule has 1 amide bonds. The van der Waals surface area contributed by atoms with Crippen LogP contribution in [0, 0.1) is 5.92 Å². The van der Waals surface area contributed by atoms with E-state index in [2.05, 4.69) is 15.5 Å². The highest BCUT2D eigenvalue weighted by molar-refractivity contribution is 6.06. The highest BCUT2D eigenvalue weighted by Gasteiger charge is 2.26. The molecule has 1 unspecified atom stereocenters. The molecule has 20 heavy (non-hydrogen) atoms. The van der Waals surface area contributed by atoms with Gasteiger partial charge in [0.25, 0.3) is 5.91 Å². The van der Waals surface area contributed by atoms with Crippen LogP contribution in [0.3, 0.4) is 0 Å². The lowest BCUT2D eigenvalue weighted by Gasteiger charge is -2.19. The van der Waals surface area contributed by atoms with E-state index in [1.807, 2.05) is 19.9 Å². The summed E-state index contributed by atoms with van der Waals surface area (Å²) in [6.45, 7) is 3.69. The van der Waals surface area contributed by atoms with Crippen molar-refractivity contribution in [3.63, 3.8) is 0 Å². The van der Waals surface area contributed by atoms with Gasteiger partial charge in [-0.25, -0.2) is 4.79 Å². The number of ether oxygens (including phenoxy) is 1. The maximum absolute atomic E-state index is 12.3. The second-order valence-corrected chi connectivity index (χ2v) is 4.86. The summed E-state index contributed by atoms with van der Waals surface area (Å²) in [6.07, 6.45) is 1.65. The van der Waals surface area contributed by atoms with Crippen LogP contribution in [0.25, 0.3) is 10.9 Å². The van der Waals surface area contributed by atoms with Crippen molar-refractivity contribution in [3.8, 4) is 0 Å². The molecule has 0 saturated heterocycles. The lowest BCUT2D eigenvalue weighted by molar-refractivity contribution is -0.144. The minimum atomic E-state index is -0.675. The topological polar surface area (TPSA) is 84.1 Å². The van der Waals surface area contributed by atoms with E-state index in [1.165, 1.54) is 7.11 Å². The molecule has 1 aromatic heterocycles. The molecule has 6 heteroatoms. The van der Waals surface area contributed by atoms with Crippen molar-refractivity contribution in [1.82, 2.24) is 15.5 Å². The van der Waals surface area contributed by atoms with Crippen molar-refractivity contribution in [2.24, 2.45) is 5.92 Å². The molecule has 0 radical (unpaired) electrons. The number of carbonyl (C=O) groups is 2. The standard InChI is InChI=1S/C14H17N3O3/c1-8(2)11(14(19)20-3)16-13(18)10-6-4-5-9-7-15-17-12(9)10/h4-8,11H,1-3H3,(H,15,17)(H,16,18). The summed E-state index contributed by atoms with van der Waals surface area (Å²) in [7, 11) is 1.31. The number of para-hydroxylation sites is 1. The van der Waals surface area contributed by atoms with Crippen molar-refractivity contribution in [3.05, 3.63) is 30.0 Å². The molecule has 1 atom stereocenters. The minimum absolute atomic E-state index is 0.0626. The number of carbonyl (C=O) groups excluding carboxylic acids is 2. The van der Waals surface area contributed by atoms with E-state index in [0.717, 1.165) is 5.39 Å². The van der Waals surface area contributed by atoms with Gasteiger partial charge >= 0.3 is 5.97 Å². The fraction of sp³-hybridized carbons (Fsp3) is 0.357. The zero-order valence-electron chi connectivity index (χ0n) is 11.6. The number of nitrogens with zero attached hydrogens (tertiary/aromatic N) is 1. The fourth-order valence-electron chi connectivity index (χ4n) is 2.00. The van der Waals surface area contributed by atoms with Crippen LogP contribution in [0.4, 0.5) is 0 Å². The molecule has 0 aliphatic carbocycles. The Bertz CT molecular complexity index is 633. The van der Waals surface area contributed by atoms with Gasteiger partial charge in [-0.05, 0) is 12.0 Å². The fourth-order valence-corrected chi connectivity index (χ4v) is 2.00. The number of aromatic amines is 1. The molecule has 2 aromatic rings. The van der Waals surface area contributed by atoms with Gasteiger partial charge < -0.3 is 10.1 Å². The summed E-state index contributed by atoms with van der Waals surface area (Å²) in [5.41, 5.74) is 1.10. The number of aromatic nitrogens is 2. The first-order chi connectivity index (χ1) is 9.54. The molecule has 6 nitrogen and oxygen atoms in total. The largest absolute Gasteiger partial charge is 0.467 e. The average molecular weight is 275 g/mol. The number of fused-ring (bicyclic) bond motifs is 1. The summed E-state index contributed by atoms with van der Waals surface area (Å²) in [6, 6.07) is 4.64. The molecule has 0 aliphatic rings. The number of nitrogens with one attached hydrogen (secondary N) is 2. The molecule has 0 spiro atoms. The third-order valence-corrected chi connectivity index (χ3v) is 3.13. The maximum atomic E-state index is 12.3. The van der Waals surface area contributed by atoms with Gasteiger partial charge in [0.2, 0.25) is 0 Å². The Labute approximate surface area is 116 Å². The average Bonchev–Trinajstić information content (AvgIpc) is 2.91. The van der Waals surface area contributed by atoms with Crippen LogP contribution in [0.2, 0.25) is 0 Å². The number of amides is 1. The number of esters is 1. The third kappa shape index (κ3) is 2.64. The predicted molar refractivity (Wildman–Crippen MR) is 74.2 cm³/mol. The Hall–Kier alpha value is -2.37. The zero-order chi connectivity index (χ0) is 14.7. The number of hydrogen-bond acceptors (Lipinski definition) is 4. The van der Waals surface area contributed by atoms with Gasteiger partial charge in [0.15, 0.2) is 0 Å². The lowest BCUT2D eigenvalue weighted by atomic mass is 10.0. The molecular formula is C14H17N3O3. The summed E-state index contributed by atoms with van der Waals surface area (Å²) in [4.78, 5) is 24.0. The Morgan fingerprint density at radius 2 is 2.10 bits per heavy atom. The van der Waals surface area contributed by atoms with Gasteiger partial charge in [0, 0.05) is 5.39 Å². The van der Waals surface area contributed by atoms with Crippen LogP contribution < -0.4 is 5.32 Å². The monoisotopic (exact) mass is 275 g/mol. The van der Waals surface area contributed by atoms with E-state index in [1.54, 1.807) is 18.3 Å². The predicted octanol–water partition coefficient (Wildman–Crippen LogP) is 1.49. The molecule has 2 N–H and O–H groups in total. The highest BCUT2D eigenvalue weighted by Crippen LogP contribution is 2.16. The second-order valence-electron chi connectivity index (χ2n) is 4.86. The molecule has 2 rings (SSSR count). The first kappa shape index (κ1) is 14.0. The van der Waals surface area contributed by atoms with Crippen LogP contribution in [0.5, 0.6) is 0 Å². The molecular weight excluding hydrogens is 258 g/mol. The number of methoxy groups -OCH3 is 1. The molecule has 0 saturated carbocycles. The van der Waals surface area contributed by atoms with Gasteiger partial charge in [0.05, 0.1) is 24.4 Å². The van der Waals surface area contributed by atoms with E-state index in [4.69, 9.17) is 4.74 Å². The maximum Gasteiger partial charge on any atom is 0.328 e. The number of rotatable bonds is 4. The quantitative estimate of drug-likeness (QED) is 0.828. The summed E-state index contributed by atoms with van der Waals surface area (Å²) >= 11 is 0. The number of hydrogen-bond donors (Lipinski definition) is 2. The first-order valence-electron chi connectivity index (χ1n) is 6.35. The highest BCUT2D eigenvalue weighted by atomic mass is 16.5. The van der Waals surface area contributed by atoms with Crippen LogP contribution in [-0.4, -0.2) is 35.2 Å². The Morgan fingerprint density at radius 3 is 2.75 bits per heavy atom. The van der Waals surface area contributed by atoms with E-state index in [9.17, 15) is 9.59 Å². The van der Waals surface area contributed by atoms with Crippen molar-refractivity contribution in [1.29, 1.82) is 0 Å². The Morgan fingerprint density at radius 1 is 1.35 bits per heavy atom. The number of H-pyrrole nitrogens is 1. The van der Waals surface area contributed by atoms with Crippen molar-refractivity contribution >= 4 is 22.8 Å². The summed E-state index contributed by atoms with van der Waals surface area (Å²) in [5, 5.41) is 10.2. The second kappa shape index (κ2) is 5.73. The Balaban J connectivity index is 2.27. The summed E-state index contributed by atoms with van der Waals surface area (Å²) in [5.74, 6) is -0.846. The van der Waals surface area contributed by atoms with Gasteiger partial charge in [-0.1, -0.05) is 26.0 Å². The van der Waals surface area contributed by atoms with Gasteiger partial charge in [-0.15, -0.1) is 0 Å². The van der Waals surface area contributed by atoms with Crippen molar-refractivity contribution in [2.45, 2.75) is 19.9 Å². The van der Waals surface area contributed by atoms with Gasteiger partial charge in [-0.2, -0.15) is 5.10 Å². The molecule has 1 heterocycles. The first-order valence-corrected chi connectivity index (χ1v) is 6.35. The normalized spacial score (nSPS) is 12.4. The van der Waals surface area contributed by atoms with Crippen molar-refractivity contribution < 1.29 is 14.3 Å². The molecule has 1 aromatic carbocycles. The van der Waals surface area contributed by atoms with E-state index < -0.39 is 12.0 Å². The SMILES string of the molecule is COC(=O)C(NC(=O)c1cccc2cn[nH]c12)C(C)C. The van der Waals surface area contributed by atoms with E-state index in [-0.39, 0.29) is 11.8 Å². The molecule has 0 aliphatic heterocycles. The minimum Gasteiger partial charge on any atom is -0.467 e. The molecule has 0 fully saturated rings. The van der Waals surface area contributed by atoms with E-state index >= 15 is 0 Å². The van der Waals surface area contributed by atoms with Crippen LogP contribution >= 0.6 is 0 Å². The van der Waals surface area contributed by atoms with E-state index in [0.29, 0.717) is 11.1 Å². The van der Waals surface area contributed by atoms with Crippen molar-refractivity contribution in [2.75, 3.05) is 7.11 Å². The third-order valence-electron chi connectivity index (χ3n) is 3.13. The smallest absolute Gasteiger partial charge is 0.328 e. The van der Waals surface area contributed by atoms with Gasteiger partial charge in [-0.3, -0.25) is 9.89 Å². The molecule has 0 bridgehead atoms. The van der Waals surface area contributed by atoms with Crippen LogP contribution in [0.15, 0.2) is 24.4 Å². The number of benzene rings is 1.